The zero-order valence-corrected chi connectivity index (χ0v) is 31.1. The summed E-state index contributed by atoms with van der Waals surface area (Å²) in [6, 6.07) is 0. The molecular formula is C43H79NO2. The Bertz CT molecular complexity index is 708. The highest BCUT2D eigenvalue weighted by Gasteiger charge is 2.17. The number of rotatable bonds is 36. The smallest absolute Gasteiger partial charge is 0.0820 e. The second-order valence-corrected chi connectivity index (χ2v) is 13.7. The minimum absolute atomic E-state index is 0.267. The van der Waals surface area contributed by atoms with Gasteiger partial charge in [0.15, 0.2) is 0 Å². The Kier molecular flexibility index (Phi) is 34.2. The van der Waals surface area contributed by atoms with E-state index >= 15 is 0 Å². The summed E-state index contributed by atoms with van der Waals surface area (Å²) in [6.45, 7) is 10.8. The minimum Gasteiger partial charge on any atom is -0.379 e. The first-order valence-electron chi connectivity index (χ1n) is 20.4. The van der Waals surface area contributed by atoms with Crippen LogP contribution in [0.15, 0.2) is 48.6 Å². The molecule has 1 atom stereocenters. The summed E-state index contributed by atoms with van der Waals surface area (Å²) < 4.78 is 12.5. The average Bonchev–Trinajstić information content (AvgIpc) is 3.04. The van der Waals surface area contributed by atoms with Crippen molar-refractivity contribution < 1.29 is 9.47 Å². The van der Waals surface area contributed by atoms with Crippen molar-refractivity contribution in [3.63, 3.8) is 0 Å². The van der Waals surface area contributed by atoms with Crippen molar-refractivity contribution >= 4 is 0 Å². The van der Waals surface area contributed by atoms with Gasteiger partial charge in [0.25, 0.3) is 0 Å². The molecule has 0 N–H and O–H groups in total. The first kappa shape index (κ1) is 42.9. The lowest BCUT2D eigenvalue weighted by atomic mass is 10.1. The fourth-order valence-corrected chi connectivity index (χ4v) is 5.89. The van der Waals surface area contributed by atoms with Crippen LogP contribution in [0.25, 0.3) is 0 Å². The Morgan fingerprint density at radius 1 is 0.500 bits per heavy atom. The van der Waals surface area contributed by atoms with Gasteiger partial charge in [-0.1, -0.05) is 140 Å². The molecule has 46 heavy (non-hydrogen) atoms. The lowest BCUT2D eigenvalue weighted by Crippen LogP contribution is -2.39. The van der Waals surface area contributed by atoms with E-state index in [0.29, 0.717) is 0 Å². The van der Waals surface area contributed by atoms with Crippen LogP contribution in [-0.4, -0.2) is 50.5 Å². The molecule has 1 saturated heterocycles. The molecule has 3 nitrogen and oxygen atoms in total. The molecule has 0 aromatic rings. The van der Waals surface area contributed by atoms with Gasteiger partial charge in [0.1, 0.15) is 0 Å². The summed E-state index contributed by atoms with van der Waals surface area (Å²) in [6.07, 6.45) is 52.5. The van der Waals surface area contributed by atoms with Crippen molar-refractivity contribution in [1.29, 1.82) is 0 Å². The van der Waals surface area contributed by atoms with Crippen LogP contribution in [0.3, 0.4) is 0 Å². The highest BCUT2D eigenvalue weighted by Crippen LogP contribution is 2.13. The van der Waals surface area contributed by atoms with E-state index in [1.165, 1.54) is 167 Å². The number of likely N-dealkylation sites (tertiary alicyclic amines) is 1. The van der Waals surface area contributed by atoms with E-state index in [0.717, 1.165) is 39.1 Å². The van der Waals surface area contributed by atoms with E-state index in [-0.39, 0.29) is 6.10 Å². The van der Waals surface area contributed by atoms with Crippen molar-refractivity contribution in [3.8, 4) is 0 Å². The molecule has 1 rings (SSSR count). The van der Waals surface area contributed by atoms with Crippen LogP contribution >= 0.6 is 0 Å². The molecule has 268 valence electrons. The third-order valence-corrected chi connectivity index (χ3v) is 9.21. The Labute approximate surface area is 288 Å². The molecule has 0 spiro atoms. The third-order valence-electron chi connectivity index (χ3n) is 9.21. The molecule has 1 heterocycles. The maximum Gasteiger partial charge on any atom is 0.0820 e. The number of allylic oxidation sites excluding steroid dienone is 8. The normalized spacial score (nSPS) is 14.9. The van der Waals surface area contributed by atoms with Gasteiger partial charge < -0.3 is 14.4 Å². The van der Waals surface area contributed by atoms with E-state index < -0.39 is 0 Å². The van der Waals surface area contributed by atoms with Crippen LogP contribution < -0.4 is 0 Å². The van der Waals surface area contributed by atoms with Crippen molar-refractivity contribution in [3.05, 3.63) is 48.6 Å². The van der Waals surface area contributed by atoms with Gasteiger partial charge in [0.05, 0.1) is 12.7 Å². The van der Waals surface area contributed by atoms with Crippen LogP contribution in [0.5, 0.6) is 0 Å². The van der Waals surface area contributed by atoms with Crippen molar-refractivity contribution in [2.75, 3.05) is 39.5 Å². The molecule has 0 aliphatic carbocycles. The van der Waals surface area contributed by atoms with Crippen LogP contribution in [0, 0.1) is 0 Å². The van der Waals surface area contributed by atoms with Crippen molar-refractivity contribution in [2.45, 2.75) is 187 Å². The zero-order chi connectivity index (χ0) is 32.9. The molecule has 1 fully saturated rings. The van der Waals surface area contributed by atoms with E-state index in [9.17, 15) is 0 Å². The Balaban J connectivity index is 1.95. The van der Waals surface area contributed by atoms with Crippen molar-refractivity contribution in [2.24, 2.45) is 0 Å². The van der Waals surface area contributed by atoms with Gasteiger partial charge in [-0.05, 0) is 103 Å². The quantitative estimate of drug-likeness (QED) is 0.0502. The predicted octanol–water partition coefficient (Wildman–Crippen LogP) is 13.1. The summed E-state index contributed by atoms with van der Waals surface area (Å²) in [7, 11) is 0. The van der Waals surface area contributed by atoms with Gasteiger partial charge in [-0.15, -0.1) is 0 Å². The predicted molar refractivity (Wildman–Crippen MR) is 205 cm³/mol. The van der Waals surface area contributed by atoms with E-state index in [1.807, 2.05) is 0 Å². The molecule has 0 aromatic carbocycles. The molecule has 0 radical (unpaired) electrons. The number of unbranched alkanes of at least 4 members (excludes halogenated alkanes) is 18. The largest absolute Gasteiger partial charge is 0.379 e. The Morgan fingerprint density at radius 2 is 0.935 bits per heavy atom. The van der Waals surface area contributed by atoms with E-state index in [2.05, 4.69) is 67.4 Å². The maximum absolute atomic E-state index is 6.34. The summed E-state index contributed by atoms with van der Waals surface area (Å²) in [5, 5.41) is 0. The SMILES string of the molecule is CCCCCC=CCC=CCCCCCCCCOCC(CCN1CCC1)OCCCCCCCCC=CCC=CCCCCC. The summed E-state index contributed by atoms with van der Waals surface area (Å²) in [4.78, 5) is 2.55. The number of hydrogen-bond donors (Lipinski definition) is 0. The molecule has 1 unspecified atom stereocenters. The van der Waals surface area contributed by atoms with Gasteiger partial charge in [-0.25, -0.2) is 0 Å². The number of nitrogens with zero attached hydrogens (tertiary/aromatic N) is 1. The number of hydrogen-bond acceptors (Lipinski definition) is 3. The van der Waals surface area contributed by atoms with Gasteiger partial charge in [0.2, 0.25) is 0 Å². The second-order valence-electron chi connectivity index (χ2n) is 13.7. The Morgan fingerprint density at radius 3 is 1.39 bits per heavy atom. The lowest BCUT2D eigenvalue weighted by Gasteiger charge is -2.32. The first-order chi connectivity index (χ1) is 22.9. The molecule has 0 amide bonds. The molecule has 1 aliphatic heterocycles. The zero-order valence-electron chi connectivity index (χ0n) is 31.1. The summed E-state index contributed by atoms with van der Waals surface area (Å²) in [5.74, 6) is 0. The van der Waals surface area contributed by atoms with E-state index in [4.69, 9.17) is 9.47 Å². The van der Waals surface area contributed by atoms with Crippen LogP contribution in [-0.2, 0) is 9.47 Å². The fraction of sp³-hybridized carbons (Fsp3) is 0.814. The highest BCUT2D eigenvalue weighted by molar-refractivity contribution is 4.93. The highest BCUT2D eigenvalue weighted by atomic mass is 16.5. The van der Waals surface area contributed by atoms with Gasteiger partial charge in [0, 0.05) is 19.8 Å². The molecule has 0 bridgehead atoms. The van der Waals surface area contributed by atoms with Crippen LogP contribution in [0.2, 0.25) is 0 Å². The average molecular weight is 642 g/mol. The standard InChI is InChI=1S/C43H79NO2/c1-3-5-7-9-11-13-15-17-19-21-23-25-27-29-31-33-40-45-42-43(36-39-44-37-35-38-44)46-41-34-32-30-28-26-24-22-20-18-16-14-12-10-8-6-4-2/h11-14,17-20,43H,3-10,15-16,21-42H2,1-2H3. The maximum atomic E-state index is 6.34. The van der Waals surface area contributed by atoms with Crippen LogP contribution in [0.1, 0.15) is 181 Å². The minimum atomic E-state index is 0.267. The summed E-state index contributed by atoms with van der Waals surface area (Å²) >= 11 is 0. The second kappa shape index (κ2) is 36.7. The Hall–Kier alpha value is -1.16. The van der Waals surface area contributed by atoms with Gasteiger partial charge in [-0.2, -0.15) is 0 Å². The lowest BCUT2D eigenvalue weighted by molar-refractivity contribution is -0.0285. The number of ether oxygens (including phenoxy) is 2. The van der Waals surface area contributed by atoms with E-state index in [1.54, 1.807) is 0 Å². The topological polar surface area (TPSA) is 21.7 Å². The molecule has 1 aliphatic rings. The molecule has 0 aromatic heterocycles. The van der Waals surface area contributed by atoms with Gasteiger partial charge >= 0.3 is 0 Å². The first-order valence-corrected chi connectivity index (χ1v) is 20.4. The third kappa shape index (κ3) is 31.4. The van der Waals surface area contributed by atoms with Crippen molar-refractivity contribution in [1.82, 2.24) is 4.90 Å². The van der Waals surface area contributed by atoms with Gasteiger partial charge in [-0.3, -0.25) is 0 Å². The molecule has 3 heteroatoms. The monoisotopic (exact) mass is 642 g/mol. The fourth-order valence-electron chi connectivity index (χ4n) is 5.89. The molecule has 0 saturated carbocycles. The van der Waals surface area contributed by atoms with Crippen LogP contribution in [0.4, 0.5) is 0 Å². The summed E-state index contributed by atoms with van der Waals surface area (Å²) in [5.41, 5.74) is 0. The molecular weight excluding hydrogens is 562 g/mol.